The molecule has 0 spiro atoms. The van der Waals surface area contributed by atoms with E-state index in [-0.39, 0.29) is 25.0 Å². The lowest BCUT2D eigenvalue weighted by atomic mass is 10.1. The number of nitrogens with zero attached hydrogens (tertiary/aromatic N) is 1. The van der Waals surface area contributed by atoms with E-state index in [9.17, 15) is 4.79 Å². The van der Waals surface area contributed by atoms with Crippen molar-refractivity contribution in [3.05, 3.63) is 54.1 Å². The predicted molar refractivity (Wildman–Crippen MR) is 106 cm³/mol. The van der Waals surface area contributed by atoms with Gasteiger partial charge < -0.3 is 24.4 Å². The van der Waals surface area contributed by atoms with Gasteiger partial charge in [-0.05, 0) is 43.9 Å². The van der Waals surface area contributed by atoms with Gasteiger partial charge in [0.2, 0.25) is 5.91 Å². The van der Waals surface area contributed by atoms with Crippen LogP contribution in [0.5, 0.6) is 17.2 Å². The Morgan fingerprint density at radius 1 is 1.04 bits per heavy atom. The smallest absolute Gasteiger partial charge is 0.223 e. The van der Waals surface area contributed by atoms with Crippen LogP contribution in [-0.2, 0) is 4.79 Å². The maximum absolute atomic E-state index is 12.2. The van der Waals surface area contributed by atoms with Crippen LogP contribution in [0.15, 0.2) is 48.5 Å². The monoisotopic (exact) mass is 372 g/mol. The second-order valence-corrected chi connectivity index (χ2v) is 6.31. The molecule has 0 fully saturated rings. The van der Waals surface area contributed by atoms with Gasteiger partial charge >= 0.3 is 0 Å². The zero-order valence-corrected chi connectivity index (χ0v) is 16.4. The van der Waals surface area contributed by atoms with Gasteiger partial charge in [0.1, 0.15) is 5.75 Å². The fourth-order valence-electron chi connectivity index (χ4n) is 2.74. The zero-order chi connectivity index (χ0) is 19.6. The topological polar surface area (TPSA) is 60.0 Å². The van der Waals surface area contributed by atoms with Gasteiger partial charge in [0.05, 0.1) is 33.3 Å². The highest BCUT2D eigenvalue weighted by Crippen LogP contribution is 2.26. The molecule has 2 aromatic rings. The number of hydrogen-bond donors (Lipinski definition) is 1. The first-order valence-electron chi connectivity index (χ1n) is 8.88. The number of likely N-dealkylation sites (N-methyl/N-ethyl adjacent to an activating group) is 1. The molecule has 1 atom stereocenters. The van der Waals surface area contributed by atoms with Crippen molar-refractivity contribution in [1.29, 1.82) is 0 Å². The van der Waals surface area contributed by atoms with Crippen LogP contribution in [0.3, 0.4) is 0 Å². The largest absolute Gasteiger partial charge is 0.497 e. The van der Waals surface area contributed by atoms with E-state index in [1.54, 1.807) is 14.2 Å². The summed E-state index contributed by atoms with van der Waals surface area (Å²) >= 11 is 0. The lowest BCUT2D eigenvalue weighted by Gasteiger charge is -2.25. The normalized spacial score (nSPS) is 11.7. The third-order valence-electron chi connectivity index (χ3n) is 4.25. The SMILES string of the molecule is COc1cccc(C(CNC(=O)CCOc2ccccc2OC)N(C)C)c1. The quantitative estimate of drug-likeness (QED) is 0.695. The summed E-state index contributed by atoms with van der Waals surface area (Å²) in [5, 5.41) is 2.98. The van der Waals surface area contributed by atoms with Crippen LogP contribution in [-0.4, -0.2) is 52.3 Å². The number of nitrogens with one attached hydrogen (secondary N) is 1. The molecular weight excluding hydrogens is 344 g/mol. The highest BCUT2D eigenvalue weighted by molar-refractivity contribution is 5.76. The summed E-state index contributed by atoms with van der Waals surface area (Å²) in [7, 11) is 7.21. The van der Waals surface area contributed by atoms with Crippen molar-refractivity contribution in [3.63, 3.8) is 0 Å². The zero-order valence-electron chi connectivity index (χ0n) is 16.4. The van der Waals surface area contributed by atoms with Crippen LogP contribution in [0.4, 0.5) is 0 Å². The van der Waals surface area contributed by atoms with Crippen molar-refractivity contribution in [1.82, 2.24) is 10.2 Å². The molecular formula is C21H28N2O4. The van der Waals surface area contributed by atoms with E-state index in [2.05, 4.69) is 10.2 Å². The van der Waals surface area contributed by atoms with Crippen molar-refractivity contribution >= 4 is 5.91 Å². The Hall–Kier alpha value is -2.73. The Morgan fingerprint density at radius 3 is 2.44 bits per heavy atom. The lowest BCUT2D eigenvalue weighted by molar-refractivity contribution is -0.121. The highest BCUT2D eigenvalue weighted by Gasteiger charge is 2.16. The van der Waals surface area contributed by atoms with Crippen molar-refractivity contribution < 1.29 is 19.0 Å². The van der Waals surface area contributed by atoms with Gasteiger partial charge in [-0.2, -0.15) is 0 Å². The Labute approximate surface area is 161 Å². The number of ether oxygens (including phenoxy) is 3. The summed E-state index contributed by atoms with van der Waals surface area (Å²) in [6.45, 7) is 0.797. The number of methoxy groups -OCH3 is 2. The molecule has 0 heterocycles. The number of hydrogen-bond acceptors (Lipinski definition) is 5. The molecule has 0 aliphatic heterocycles. The number of carbonyl (C=O) groups is 1. The van der Waals surface area contributed by atoms with Crippen molar-refractivity contribution in [2.45, 2.75) is 12.5 Å². The number of para-hydroxylation sites is 2. The maximum Gasteiger partial charge on any atom is 0.223 e. The molecule has 6 heteroatoms. The van der Waals surface area contributed by atoms with Gasteiger partial charge in [-0.3, -0.25) is 4.79 Å². The van der Waals surface area contributed by atoms with Crippen LogP contribution in [0.25, 0.3) is 0 Å². The maximum atomic E-state index is 12.2. The van der Waals surface area contributed by atoms with Gasteiger partial charge in [0.25, 0.3) is 0 Å². The molecule has 0 radical (unpaired) electrons. The van der Waals surface area contributed by atoms with E-state index >= 15 is 0 Å². The van der Waals surface area contributed by atoms with Crippen LogP contribution >= 0.6 is 0 Å². The molecule has 0 aromatic heterocycles. The molecule has 1 N–H and O–H groups in total. The minimum Gasteiger partial charge on any atom is -0.497 e. The number of carbonyl (C=O) groups excluding carboxylic acids is 1. The fourth-order valence-corrected chi connectivity index (χ4v) is 2.74. The fraction of sp³-hybridized carbons (Fsp3) is 0.381. The number of rotatable bonds is 10. The molecule has 0 saturated carbocycles. The van der Waals surface area contributed by atoms with Gasteiger partial charge in [-0.15, -0.1) is 0 Å². The average Bonchev–Trinajstić information content (AvgIpc) is 2.68. The first-order chi connectivity index (χ1) is 13.0. The van der Waals surface area contributed by atoms with Gasteiger partial charge in [0.15, 0.2) is 11.5 Å². The Morgan fingerprint density at radius 2 is 1.78 bits per heavy atom. The summed E-state index contributed by atoms with van der Waals surface area (Å²) in [5.41, 5.74) is 1.09. The highest BCUT2D eigenvalue weighted by atomic mass is 16.5. The second-order valence-electron chi connectivity index (χ2n) is 6.31. The molecule has 1 amide bonds. The van der Waals surface area contributed by atoms with Crippen LogP contribution in [0.2, 0.25) is 0 Å². The molecule has 1 unspecified atom stereocenters. The first kappa shape index (κ1) is 20.6. The standard InChI is InChI=1S/C21H28N2O4/c1-23(2)18(16-8-7-9-17(14-16)25-3)15-22-21(24)12-13-27-20-11-6-5-10-19(20)26-4/h5-11,14,18H,12-13,15H2,1-4H3,(H,22,24). The Bertz CT molecular complexity index is 734. The molecule has 0 aliphatic carbocycles. The molecule has 0 aliphatic rings. The third-order valence-corrected chi connectivity index (χ3v) is 4.25. The second kappa shape index (κ2) is 10.4. The average molecular weight is 372 g/mol. The van der Waals surface area contributed by atoms with Crippen molar-refractivity contribution in [2.75, 3.05) is 41.5 Å². The Balaban J connectivity index is 1.85. The molecule has 6 nitrogen and oxygen atoms in total. The van der Waals surface area contributed by atoms with Crippen LogP contribution < -0.4 is 19.5 Å². The summed E-state index contributed by atoms with van der Waals surface area (Å²) < 4.78 is 16.2. The molecule has 146 valence electrons. The summed E-state index contributed by atoms with van der Waals surface area (Å²) in [6, 6.07) is 15.3. The minimum absolute atomic E-state index is 0.0548. The predicted octanol–water partition coefficient (Wildman–Crippen LogP) is 2.89. The molecule has 2 rings (SSSR count). The van der Waals surface area contributed by atoms with E-state index in [1.807, 2.05) is 62.6 Å². The molecule has 0 bridgehead atoms. The van der Waals surface area contributed by atoms with Crippen molar-refractivity contribution in [2.24, 2.45) is 0 Å². The van der Waals surface area contributed by atoms with E-state index in [0.717, 1.165) is 11.3 Å². The molecule has 0 saturated heterocycles. The first-order valence-corrected chi connectivity index (χ1v) is 8.88. The molecule has 2 aromatic carbocycles. The Kier molecular flexibility index (Phi) is 7.95. The van der Waals surface area contributed by atoms with E-state index in [4.69, 9.17) is 14.2 Å². The number of amides is 1. The summed E-state index contributed by atoms with van der Waals surface area (Å²) in [4.78, 5) is 14.3. The summed E-state index contributed by atoms with van der Waals surface area (Å²) in [5.74, 6) is 2.04. The van der Waals surface area contributed by atoms with E-state index in [1.165, 1.54) is 0 Å². The third kappa shape index (κ3) is 6.18. The van der Waals surface area contributed by atoms with Gasteiger partial charge in [0, 0.05) is 6.54 Å². The lowest BCUT2D eigenvalue weighted by Crippen LogP contribution is -2.35. The van der Waals surface area contributed by atoms with Gasteiger partial charge in [-0.1, -0.05) is 24.3 Å². The van der Waals surface area contributed by atoms with E-state index in [0.29, 0.717) is 18.0 Å². The summed E-state index contributed by atoms with van der Waals surface area (Å²) in [6.07, 6.45) is 0.274. The molecule has 27 heavy (non-hydrogen) atoms. The van der Waals surface area contributed by atoms with Crippen molar-refractivity contribution in [3.8, 4) is 17.2 Å². The van der Waals surface area contributed by atoms with Crippen LogP contribution in [0.1, 0.15) is 18.0 Å². The minimum atomic E-state index is -0.0559. The van der Waals surface area contributed by atoms with E-state index < -0.39 is 0 Å². The number of benzene rings is 2. The van der Waals surface area contributed by atoms with Crippen LogP contribution in [0, 0.1) is 0 Å². The van der Waals surface area contributed by atoms with Gasteiger partial charge in [-0.25, -0.2) is 0 Å².